The van der Waals surface area contributed by atoms with Gasteiger partial charge in [-0.25, -0.2) is 4.98 Å². The fourth-order valence-electron chi connectivity index (χ4n) is 3.49. The highest BCUT2D eigenvalue weighted by atomic mass is 35.5. The van der Waals surface area contributed by atoms with Gasteiger partial charge in [0, 0.05) is 31.0 Å². The van der Waals surface area contributed by atoms with E-state index in [2.05, 4.69) is 9.97 Å². The first kappa shape index (κ1) is 19.8. The van der Waals surface area contributed by atoms with E-state index in [4.69, 9.17) is 11.6 Å². The number of nitro benzene ring substituents is 1. The van der Waals surface area contributed by atoms with E-state index in [9.17, 15) is 19.7 Å². The van der Waals surface area contributed by atoms with Crippen LogP contribution in [0.5, 0.6) is 0 Å². The zero-order valence-electron chi connectivity index (χ0n) is 15.8. The lowest BCUT2D eigenvalue weighted by Gasteiger charge is -2.28. The number of H-pyrrole nitrogens is 1. The van der Waals surface area contributed by atoms with Crippen molar-refractivity contribution in [2.24, 2.45) is 0 Å². The highest BCUT2D eigenvalue weighted by Gasteiger charge is 2.26. The SMILES string of the molecule is O=C(c1ccc(Cl)c([N+](=O)[O-])c1)N1CCc2nc(Cc3ccccc3)[nH]c(=O)c2C1. The van der Waals surface area contributed by atoms with E-state index in [1.165, 1.54) is 17.0 Å². The molecule has 0 fully saturated rings. The first-order valence-corrected chi connectivity index (χ1v) is 9.68. The molecule has 3 aromatic rings. The first-order valence-electron chi connectivity index (χ1n) is 9.30. The number of nitrogens with one attached hydrogen (secondary N) is 1. The summed E-state index contributed by atoms with van der Waals surface area (Å²) in [5, 5.41) is 11.1. The van der Waals surface area contributed by atoms with Crippen LogP contribution in [0, 0.1) is 10.1 Å². The zero-order chi connectivity index (χ0) is 21.3. The van der Waals surface area contributed by atoms with Gasteiger partial charge in [0.25, 0.3) is 17.2 Å². The molecule has 0 spiro atoms. The Morgan fingerprint density at radius 3 is 2.73 bits per heavy atom. The predicted molar refractivity (Wildman–Crippen MR) is 111 cm³/mol. The van der Waals surface area contributed by atoms with Gasteiger partial charge in [-0.1, -0.05) is 41.9 Å². The monoisotopic (exact) mass is 424 g/mol. The maximum Gasteiger partial charge on any atom is 0.288 e. The number of carbonyl (C=O) groups is 1. The van der Waals surface area contributed by atoms with Crippen LogP contribution in [0.3, 0.4) is 0 Å². The molecule has 30 heavy (non-hydrogen) atoms. The molecular formula is C21H17ClN4O4. The summed E-state index contributed by atoms with van der Waals surface area (Å²) in [6.45, 7) is 0.460. The average Bonchev–Trinajstić information content (AvgIpc) is 2.74. The van der Waals surface area contributed by atoms with Crippen molar-refractivity contribution in [2.45, 2.75) is 19.4 Å². The predicted octanol–water partition coefficient (Wildman–Crippen LogP) is 3.12. The van der Waals surface area contributed by atoms with Crippen molar-refractivity contribution in [3.63, 3.8) is 0 Å². The van der Waals surface area contributed by atoms with Crippen LogP contribution in [0.1, 0.15) is 33.0 Å². The molecule has 0 radical (unpaired) electrons. The van der Waals surface area contributed by atoms with Crippen LogP contribution in [-0.2, 0) is 19.4 Å². The van der Waals surface area contributed by atoms with Crippen LogP contribution in [0.25, 0.3) is 0 Å². The topological polar surface area (TPSA) is 109 Å². The number of aromatic nitrogens is 2. The summed E-state index contributed by atoms with van der Waals surface area (Å²) in [6, 6.07) is 13.6. The van der Waals surface area contributed by atoms with Gasteiger partial charge in [-0.15, -0.1) is 0 Å². The van der Waals surface area contributed by atoms with E-state index in [1.54, 1.807) is 0 Å². The number of benzene rings is 2. The quantitative estimate of drug-likeness (QED) is 0.511. The van der Waals surface area contributed by atoms with E-state index in [1.807, 2.05) is 30.3 Å². The minimum Gasteiger partial charge on any atom is -0.334 e. The number of rotatable bonds is 4. The van der Waals surface area contributed by atoms with Crippen molar-refractivity contribution in [1.29, 1.82) is 0 Å². The van der Waals surface area contributed by atoms with Crippen LogP contribution in [-0.4, -0.2) is 32.2 Å². The van der Waals surface area contributed by atoms with Crippen molar-refractivity contribution < 1.29 is 9.72 Å². The van der Waals surface area contributed by atoms with Gasteiger partial charge in [0.15, 0.2) is 0 Å². The van der Waals surface area contributed by atoms with Gasteiger partial charge >= 0.3 is 0 Å². The average molecular weight is 425 g/mol. The minimum atomic E-state index is -0.631. The normalized spacial score (nSPS) is 13.0. The number of hydrogen-bond donors (Lipinski definition) is 1. The Morgan fingerprint density at radius 1 is 1.23 bits per heavy atom. The number of halogens is 1. The number of nitro groups is 1. The standard InChI is InChI=1S/C21H17ClN4O4/c22-16-7-6-14(11-18(16)26(29)30)21(28)25-9-8-17-15(12-25)20(27)24-19(23-17)10-13-4-2-1-3-5-13/h1-7,11H,8-10,12H2,(H,23,24,27). The smallest absolute Gasteiger partial charge is 0.288 e. The second-order valence-corrected chi connectivity index (χ2v) is 7.41. The molecule has 1 aliphatic rings. The maximum atomic E-state index is 12.8. The molecule has 0 unspecified atom stereocenters. The molecule has 2 aromatic carbocycles. The molecule has 4 rings (SSSR count). The number of nitrogens with zero attached hydrogens (tertiary/aromatic N) is 3. The van der Waals surface area contributed by atoms with Crippen molar-refractivity contribution in [3.05, 3.63) is 102 Å². The van der Waals surface area contributed by atoms with Crippen molar-refractivity contribution >= 4 is 23.2 Å². The summed E-state index contributed by atoms with van der Waals surface area (Å²) in [6.07, 6.45) is 0.947. The van der Waals surface area contributed by atoms with Crippen LogP contribution < -0.4 is 5.56 Å². The maximum absolute atomic E-state index is 12.8. The van der Waals surface area contributed by atoms with Crippen LogP contribution >= 0.6 is 11.6 Å². The summed E-state index contributed by atoms with van der Waals surface area (Å²) in [5.41, 5.74) is 1.71. The van der Waals surface area contributed by atoms with E-state index >= 15 is 0 Å². The largest absolute Gasteiger partial charge is 0.334 e. The van der Waals surface area contributed by atoms with E-state index in [-0.39, 0.29) is 28.4 Å². The number of fused-ring (bicyclic) bond motifs is 1. The molecule has 1 N–H and O–H groups in total. The van der Waals surface area contributed by atoms with Crippen LogP contribution in [0.4, 0.5) is 5.69 Å². The second kappa shape index (κ2) is 8.08. The van der Waals surface area contributed by atoms with Gasteiger partial charge in [0.1, 0.15) is 10.8 Å². The highest BCUT2D eigenvalue weighted by molar-refractivity contribution is 6.32. The summed E-state index contributed by atoms with van der Waals surface area (Å²) >= 11 is 5.82. The Labute approximate surface area is 176 Å². The molecule has 8 nitrogen and oxygen atoms in total. The molecule has 1 aliphatic heterocycles. The Morgan fingerprint density at radius 2 is 2.00 bits per heavy atom. The fourth-order valence-corrected chi connectivity index (χ4v) is 3.68. The third-order valence-corrected chi connectivity index (χ3v) is 5.33. The molecule has 0 atom stereocenters. The molecule has 1 aromatic heterocycles. The Hall–Kier alpha value is -3.52. The van der Waals surface area contributed by atoms with Crippen molar-refractivity contribution in [3.8, 4) is 0 Å². The Balaban J connectivity index is 1.56. The fraction of sp³-hybridized carbons (Fsp3) is 0.190. The number of amides is 1. The number of carbonyl (C=O) groups excluding carboxylic acids is 1. The molecule has 0 saturated heterocycles. The highest BCUT2D eigenvalue weighted by Crippen LogP contribution is 2.26. The van der Waals surface area contributed by atoms with Crippen molar-refractivity contribution in [1.82, 2.24) is 14.9 Å². The van der Waals surface area contributed by atoms with E-state index in [0.717, 1.165) is 11.6 Å². The van der Waals surface area contributed by atoms with Gasteiger partial charge in [0.05, 0.1) is 22.7 Å². The third kappa shape index (κ3) is 3.95. The molecular weight excluding hydrogens is 408 g/mol. The zero-order valence-corrected chi connectivity index (χ0v) is 16.6. The summed E-state index contributed by atoms with van der Waals surface area (Å²) in [5.74, 6) is 0.186. The molecule has 9 heteroatoms. The lowest BCUT2D eigenvalue weighted by molar-refractivity contribution is -0.384. The van der Waals surface area contributed by atoms with Crippen LogP contribution in [0.15, 0.2) is 53.3 Å². The van der Waals surface area contributed by atoms with Crippen LogP contribution in [0.2, 0.25) is 5.02 Å². The molecule has 0 saturated carbocycles. The van der Waals surface area contributed by atoms with Crippen molar-refractivity contribution in [2.75, 3.05) is 6.54 Å². The second-order valence-electron chi connectivity index (χ2n) is 7.00. The molecule has 0 bridgehead atoms. The van der Waals surface area contributed by atoms with Gasteiger partial charge in [-0.3, -0.25) is 19.7 Å². The summed E-state index contributed by atoms with van der Waals surface area (Å²) < 4.78 is 0. The van der Waals surface area contributed by atoms with Gasteiger partial charge in [-0.05, 0) is 17.7 Å². The Bertz CT molecular complexity index is 1190. The van der Waals surface area contributed by atoms with Gasteiger partial charge in [0.2, 0.25) is 0 Å². The summed E-state index contributed by atoms with van der Waals surface area (Å²) in [7, 11) is 0. The number of aromatic amines is 1. The molecule has 0 aliphatic carbocycles. The summed E-state index contributed by atoms with van der Waals surface area (Å²) in [4.78, 5) is 44.8. The lowest BCUT2D eigenvalue weighted by atomic mass is 10.0. The number of hydrogen-bond acceptors (Lipinski definition) is 5. The third-order valence-electron chi connectivity index (χ3n) is 5.01. The van der Waals surface area contributed by atoms with Gasteiger partial charge in [-0.2, -0.15) is 0 Å². The molecule has 1 amide bonds. The molecule has 2 heterocycles. The lowest BCUT2D eigenvalue weighted by Crippen LogP contribution is -2.39. The van der Waals surface area contributed by atoms with E-state index < -0.39 is 10.8 Å². The van der Waals surface area contributed by atoms with E-state index in [0.29, 0.717) is 36.5 Å². The minimum absolute atomic E-state index is 0.0351. The molecule has 152 valence electrons. The van der Waals surface area contributed by atoms with Gasteiger partial charge < -0.3 is 9.88 Å². The Kier molecular flexibility index (Phi) is 5.33. The first-order chi connectivity index (χ1) is 14.4.